The Morgan fingerprint density at radius 2 is 1.06 bits per heavy atom. The molecule has 0 rings (SSSR count). The molecule has 0 bridgehead atoms. The molecule has 0 N–H and O–H groups in total. The maximum absolute atomic E-state index is 12.2. The summed E-state index contributed by atoms with van der Waals surface area (Å²) in [7, 11) is 0. The van der Waals surface area contributed by atoms with Crippen molar-refractivity contribution in [3.05, 3.63) is 0 Å². The lowest BCUT2D eigenvalue weighted by molar-refractivity contribution is -0.165. The van der Waals surface area contributed by atoms with Crippen LogP contribution in [0.15, 0.2) is 0 Å². The number of halogens is 8. The third-order valence-corrected chi connectivity index (χ3v) is 6.60. The molecule has 0 aliphatic rings. The van der Waals surface area contributed by atoms with Crippen molar-refractivity contribution >= 4 is 28.9 Å². The van der Waals surface area contributed by atoms with Crippen molar-refractivity contribution in [2.24, 2.45) is 11.8 Å². The average Bonchev–Trinajstić information content (AvgIpc) is 1.97. The standard InChI is InChI=1S/C8H12Cl2F6Si/c1-5(7(11,12)13)3-17(9,10)4-6(2)8(14,15)16/h5-6H,3-4H2,1-2H3. The van der Waals surface area contributed by atoms with E-state index in [1.807, 2.05) is 0 Å². The number of hydrogen-bond acceptors (Lipinski definition) is 0. The van der Waals surface area contributed by atoms with Gasteiger partial charge in [0.15, 0.2) is 0 Å². The van der Waals surface area contributed by atoms with Gasteiger partial charge in [-0.2, -0.15) is 26.3 Å². The summed E-state index contributed by atoms with van der Waals surface area (Å²) in [4.78, 5) is 0. The van der Waals surface area contributed by atoms with Gasteiger partial charge < -0.3 is 0 Å². The highest BCUT2D eigenvalue weighted by Gasteiger charge is 2.47. The second-order valence-electron chi connectivity index (χ2n) is 4.15. The van der Waals surface area contributed by atoms with Gasteiger partial charge in [0.05, 0.1) is 11.8 Å². The summed E-state index contributed by atoms with van der Waals surface area (Å²) in [5.74, 6) is -3.57. The van der Waals surface area contributed by atoms with Crippen LogP contribution >= 0.6 is 22.2 Å². The summed E-state index contributed by atoms with van der Waals surface area (Å²) in [5, 5.41) is 0. The van der Waals surface area contributed by atoms with Crippen molar-refractivity contribution in [1.82, 2.24) is 0 Å². The molecule has 0 heterocycles. The molecule has 0 saturated heterocycles. The molecule has 0 spiro atoms. The Morgan fingerprint density at radius 1 is 0.824 bits per heavy atom. The second kappa shape index (κ2) is 5.57. The SMILES string of the molecule is CC(C[Si](Cl)(Cl)CC(C)C(F)(F)F)C(F)(F)F. The van der Waals surface area contributed by atoms with Gasteiger partial charge in [0, 0.05) is 0 Å². The quantitative estimate of drug-likeness (QED) is 0.374. The molecule has 104 valence electrons. The van der Waals surface area contributed by atoms with Crippen molar-refractivity contribution in [1.29, 1.82) is 0 Å². The highest BCUT2D eigenvalue weighted by molar-refractivity contribution is 7.45. The maximum Gasteiger partial charge on any atom is 0.391 e. The minimum atomic E-state index is -4.48. The van der Waals surface area contributed by atoms with Crippen molar-refractivity contribution < 1.29 is 26.3 Å². The van der Waals surface area contributed by atoms with E-state index in [1.54, 1.807) is 0 Å². The molecule has 0 aliphatic carbocycles. The van der Waals surface area contributed by atoms with E-state index in [1.165, 1.54) is 0 Å². The first-order valence-electron chi connectivity index (χ1n) is 4.77. The fourth-order valence-electron chi connectivity index (χ4n) is 1.21. The van der Waals surface area contributed by atoms with Crippen molar-refractivity contribution in [2.75, 3.05) is 0 Å². The van der Waals surface area contributed by atoms with Crippen molar-refractivity contribution in [3.8, 4) is 0 Å². The molecular formula is C8H12Cl2F6Si. The normalized spacial score (nSPS) is 18.0. The second-order valence-corrected chi connectivity index (χ2v) is 11.6. The number of rotatable bonds is 4. The van der Waals surface area contributed by atoms with Crippen LogP contribution in [-0.2, 0) is 0 Å². The Labute approximate surface area is 106 Å². The highest BCUT2D eigenvalue weighted by atomic mass is 35.7. The zero-order valence-corrected chi connectivity index (χ0v) is 11.6. The van der Waals surface area contributed by atoms with E-state index in [4.69, 9.17) is 22.2 Å². The molecule has 0 radical (unpaired) electrons. The first-order valence-corrected chi connectivity index (χ1v) is 9.21. The molecule has 0 aromatic rings. The summed E-state index contributed by atoms with van der Waals surface area (Å²) >= 11 is 11.3. The number of alkyl halides is 6. The van der Waals surface area contributed by atoms with Crippen LogP contribution in [0.2, 0.25) is 12.1 Å². The highest BCUT2D eigenvalue weighted by Crippen LogP contribution is 2.42. The van der Waals surface area contributed by atoms with Gasteiger partial charge in [-0.3, -0.25) is 0 Å². The minimum Gasteiger partial charge on any atom is -0.171 e. The third kappa shape index (κ3) is 6.76. The molecule has 0 aromatic carbocycles. The van der Waals surface area contributed by atoms with E-state index in [2.05, 4.69) is 0 Å². The number of hydrogen-bond donors (Lipinski definition) is 0. The molecule has 0 saturated carbocycles. The predicted molar refractivity (Wildman–Crippen MR) is 57.5 cm³/mol. The van der Waals surface area contributed by atoms with Crippen LogP contribution in [0.4, 0.5) is 26.3 Å². The third-order valence-electron chi connectivity index (χ3n) is 2.33. The van der Waals surface area contributed by atoms with Crippen LogP contribution < -0.4 is 0 Å². The van der Waals surface area contributed by atoms with Crippen molar-refractivity contribution in [3.63, 3.8) is 0 Å². The maximum atomic E-state index is 12.2. The molecule has 2 unspecified atom stereocenters. The average molecular weight is 321 g/mol. The predicted octanol–water partition coefficient (Wildman–Crippen LogP) is 5.30. The van der Waals surface area contributed by atoms with E-state index < -0.39 is 43.0 Å². The van der Waals surface area contributed by atoms with Gasteiger partial charge in [0.25, 0.3) is 6.69 Å². The molecule has 2 atom stereocenters. The molecule has 17 heavy (non-hydrogen) atoms. The summed E-state index contributed by atoms with van der Waals surface area (Å²) in [5.41, 5.74) is 0. The first-order chi connectivity index (χ1) is 7.26. The Kier molecular flexibility index (Phi) is 5.69. The summed E-state index contributed by atoms with van der Waals surface area (Å²) in [6, 6.07) is -1.25. The molecule has 9 heteroatoms. The molecular weight excluding hydrogens is 309 g/mol. The fraction of sp³-hybridized carbons (Fsp3) is 1.00. The lowest BCUT2D eigenvalue weighted by Crippen LogP contribution is -2.34. The topological polar surface area (TPSA) is 0 Å². The van der Waals surface area contributed by atoms with Crippen LogP contribution in [0.3, 0.4) is 0 Å². The van der Waals surface area contributed by atoms with Gasteiger partial charge in [0.2, 0.25) is 0 Å². The van der Waals surface area contributed by atoms with Gasteiger partial charge in [-0.05, 0) is 12.1 Å². The molecule has 0 amide bonds. The van der Waals surface area contributed by atoms with Gasteiger partial charge in [-0.25, -0.2) is 0 Å². The zero-order valence-electron chi connectivity index (χ0n) is 9.09. The monoisotopic (exact) mass is 320 g/mol. The van der Waals surface area contributed by atoms with E-state index in [0.717, 1.165) is 13.8 Å². The summed E-state index contributed by atoms with van der Waals surface area (Å²) < 4.78 is 73.4. The lowest BCUT2D eigenvalue weighted by atomic mass is 10.2. The first kappa shape index (κ1) is 17.4. The molecule has 0 aliphatic heterocycles. The van der Waals surface area contributed by atoms with E-state index in [9.17, 15) is 26.3 Å². The molecule has 0 nitrogen and oxygen atoms in total. The minimum absolute atomic E-state index is 0.625. The zero-order chi connectivity index (χ0) is 14.1. The van der Waals surface area contributed by atoms with Gasteiger partial charge >= 0.3 is 12.4 Å². The van der Waals surface area contributed by atoms with E-state index in [0.29, 0.717) is 0 Å². The van der Waals surface area contributed by atoms with Crippen LogP contribution in [0.1, 0.15) is 13.8 Å². The lowest BCUT2D eigenvalue weighted by Gasteiger charge is -2.26. The van der Waals surface area contributed by atoms with Crippen LogP contribution in [0.5, 0.6) is 0 Å². The smallest absolute Gasteiger partial charge is 0.171 e. The van der Waals surface area contributed by atoms with E-state index in [-0.39, 0.29) is 0 Å². The Bertz CT molecular complexity index is 225. The Hall–Kier alpha value is 0.377. The summed E-state index contributed by atoms with van der Waals surface area (Å²) in [6.07, 6.45) is -8.97. The van der Waals surface area contributed by atoms with Crippen LogP contribution in [0.25, 0.3) is 0 Å². The summed E-state index contributed by atoms with van der Waals surface area (Å²) in [6.45, 7) is -1.81. The van der Waals surface area contributed by atoms with Gasteiger partial charge in [-0.1, -0.05) is 13.8 Å². The van der Waals surface area contributed by atoms with Crippen LogP contribution in [0, 0.1) is 11.8 Å². The largest absolute Gasteiger partial charge is 0.391 e. The molecule has 0 fully saturated rings. The van der Waals surface area contributed by atoms with Crippen LogP contribution in [-0.4, -0.2) is 19.0 Å². The van der Waals surface area contributed by atoms with Gasteiger partial charge in [-0.15, -0.1) is 22.2 Å². The fourth-order valence-corrected chi connectivity index (χ4v) is 6.41. The van der Waals surface area contributed by atoms with E-state index >= 15 is 0 Å². The van der Waals surface area contributed by atoms with Gasteiger partial charge in [0.1, 0.15) is 0 Å². The Morgan fingerprint density at radius 3 is 1.24 bits per heavy atom. The molecule has 0 aromatic heterocycles. The van der Waals surface area contributed by atoms with Crippen molar-refractivity contribution in [2.45, 2.75) is 38.3 Å². The Balaban J connectivity index is 4.50.